The van der Waals surface area contributed by atoms with Crippen LogP contribution in [0.2, 0.25) is 0 Å². The molecule has 0 saturated carbocycles. The van der Waals surface area contributed by atoms with Crippen LogP contribution in [0.5, 0.6) is 0 Å². The molecule has 8 heteroatoms. The minimum Gasteiger partial charge on any atom is -0.357 e. The van der Waals surface area contributed by atoms with Crippen LogP contribution in [0.25, 0.3) is 0 Å². The number of anilines is 1. The highest BCUT2D eigenvalue weighted by Gasteiger charge is 2.22. The molecule has 29 heavy (non-hydrogen) atoms. The van der Waals surface area contributed by atoms with Crippen molar-refractivity contribution in [1.82, 2.24) is 24.5 Å². The highest BCUT2D eigenvalue weighted by Crippen LogP contribution is 2.19. The number of unbranched alkanes of at least 4 members (excludes halogenated alkanes) is 1. The molecule has 1 aromatic heterocycles. The number of piperazine rings is 1. The third kappa shape index (κ3) is 6.81. The Bertz CT molecular complexity index is 616. The van der Waals surface area contributed by atoms with Crippen LogP contribution in [0.4, 0.5) is 5.13 Å². The molecule has 2 aliphatic heterocycles. The van der Waals surface area contributed by atoms with Gasteiger partial charge in [0, 0.05) is 57.2 Å². The number of nitrogens with one attached hydrogen (secondary N) is 1. The van der Waals surface area contributed by atoms with E-state index in [1.165, 1.54) is 56.9 Å². The summed E-state index contributed by atoms with van der Waals surface area (Å²) in [6, 6.07) is 0. The second kappa shape index (κ2) is 11.7. The molecule has 2 saturated heterocycles. The summed E-state index contributed by atoms with van der Waals surface area (Å²) in [6.07, 6.45) is 6.06. The Kier molecular flexibility index (Phi) is 8.98. The molecule has 0 unspecified atom stereocenters. The van der Waals surface area contributed by atoms with Gasteiger partial charge in [-0.15, -0.1) is 0 Å². The SMILES string of the molecule is CCNC(=NCCCCN1CCC(C)CC1)N1CCN(c2nc(CC)ns2)CC1. The highest BCUT2D eigenvalue weighted by molar-refractivity contribution is 7.09. The lowest BCUT2D eigenvalue weighted by atomic mass is 9.99. The van der Waals surface area contributed by atoms with Crippen LogP contribution in [0.15, 0.2) is 4.99 Å². The van der Waals surface area contributed by atoms with Gasteiger partial charge in [0.2, 0.25) is 5.13 Å². The van der Waals surface area contributed by atoms with Crippen molar-refractivity contribution in [3.05, 3.63) is 5.82 Å². The Hall–Kier alpha value is -1.41. The Balaban J connectivity index is 1.39. The molecular weight excluding hydrogens is 382 g/mol. The van der Waals surface area contributed by atoms with Crippen LogP contribution in [0.3, 0.4) is 0 Å². The number of aliphatic imine (C=N–C) groups is 1. The summed E-state index contributed by atoms with van der Waals surface area (Å²) in [7, 11) is 0. The van der Waals surface area contributed by atoms with Crippen LogP contribution in [0, 0.1) is 5.92 Å². The van der Waals surface area contributed by atoms with Gasteiger partial charge in [0.05, 0.1) is 0 Å². The lowest BCUT2D eigenvalue weighted by molar-refractivity contribution is 0.190. The van der Waals surface area contributed by atoms with Gasteiger partial charge in [-0.05, 0) is 58.2 Å². The maximum absolute atomic E-state index is 4.92. The van der Waals surface area contributed by atoms with E-state index in [-0.39, 0.29) is 0 Å². The average molecular weight is 422 g/mol. The predicted octanol–water partition coefficient (Wildman–Crippen LogP) is 2.70. The van der Waals surface area contributed by atoms with Gasteiger partial charge in [-0.3, -0.25) is 4.99 Å². The Morgan fingerprint density at radius 2 is 1.86 bits per heavy atom. The van der Waals surface area contributed by atoms with E-state index in [4.69, 9.17) is 4.99 Å². The molecule has 2 aliphatic rings. The van der Waals surface area contributed by atoms with Gasteiger partial charge >= 0.3 is 0 Å². The first-order valence-corrected chi connectivity index (χ1v) is 12.3. The number of hydrogen-bond acceptors (Lipinski definition) is 6. The van der Waals surface area contributed by atoms with Crippen LogP contribution in [0.1, 0.15) is 52.3 Å². The number of rotatable bonds is 8. The maximum atomic E-state index is 4.92. The lowest BCUT2D eigenvalue weighted by Crippen LogP contribution is -2.52. The van der Waals surface area contributed by atoms with Gasteiger partial charge in [-0.2, -0.15) is 4.37 Å². The summed E-state index contributed by atoms with van der Waals surface area (Å²) in [4.78, 5) is 16.9. The van der Waals surface area contributed by atoms with Gasteiger partial charge in [0.25, 0.3) is 0 Å². The van der Waals surface area contributed by atoms with Crippen molar-refractivity contribution in [3.8, 4) is 0 Å². The first-order valence-electron chi connectivity index (χ1n) is 11.5. The van der Waals surface area contributed by atoms with E-state index in [2.05, 4.69) is 50.1 Å². The zero-order chi connectivity index (χ0) is 20.5. The lowest BCUT2D eigenvalue weighted by Gasteiger charge is -2.36. The largest absolute Gasteiger partial charge is 0.357 e. The highest BCUT2D eigenvalue weighted by atomic mass is 32.1. The molecule has 2 fully saturated rings. The van der Waals surface area contributed by atoms with Crippen molar-refractivity contribution in [1.29, 1.82) is 0 Å². The van der Waals surface area contributed by atoms with E-state index < -0.39 is 0 Å². The second-order valence-electron chi connectivity index (χ2n) is 8.29. The number of aromatic nitrogens is 2. The molecule has 0 bridgehead atoms. The van der Waals surface area contributed by atoms with Crippen molar-refractivity contribution < 1.29 is 0 Å². The molecule has 7 nitrogen and oxygen atoms in total. The normalized spacial score (nSPS) is 19.8. The molecule has 0 aliphatic carbocycles. The third-order valence-corrected chi connectivity index (χ3v) is 6.79. The number of hydrogen-bond donors (Lipinski definition) is 1. The van der Waals surface area contributed by atoms with Crippen molar-refractivity contribution in [3.63, 3.8) is 0 Å². The molecule has 0 aromatic carbocycles. The molecule has 3 rings (SSSR count). The average Bonchev–Trinajstić information content (AvgIpc) is 3.23. The predicted molar refractivity (Wildman–Crippen MR) is 123 cm³/mol. The molecule has 164 valence electrons. The molecule has 0 atom stereocenters. The van der Waals surface area contributed by atoms with E-state index in [0.29, 0.717) is 0 Å². The second-order valence-corrected chi connectivity index (χ2v) is 9.02. The van der Waals surface area contributed by atoms with Gasteiger partial charge < -0.3 is 20.0 Å². The molecule has 0 amide bonds. The summed E-state index contributed by atoms with van der Waals surface area (Å²) in [5.41, 5.74) is 0. The van der Waals surface area contributed by atoms with E-state index in [9.17, 15) is 0 Å². The van der Waals surface area contributed by atoms with Gasteiger partial charge in [0.15, 0.2) is 5.96 Å². The van der Waals surface area contributed by atoms with E-state index in [0.717, 1.165) is 68.5 Å². The molecular formula is C21H39N7S. The number of nitrogens with zero attached hydrogens (tertiary/aromatic N) is 6. The fourth-order valence-electron chi connectivity index (χ4n) is 3.97. The minimum absolute atomic E-state index is 0.907. The summed E-state index contributed by atoms with van der Waals surface area (Å²) in [6.45, 7) is 16.2. The third-order valence-electron chi connectivity index (χ3n) is 5.98. The standard InChI is InChI=1S/C21H39N7S/c1-4-19-24-21(29-25-19)28-16-14-27(15-17-28)20(22-5-2)23-10-6-7-11-26-12-8-18(3)9-13-26/h18H,4-17H2,1-3H3,(H,22,23). The summed E-state index contributed by atoms with van der Waals surface area (Å²) in [5, 5.41) is 4.55. The number of piperidine rings is 1. The van der Waals surface area contributed by atoms with Crippen LogP contribution >= 0.6 is 11.5 Å². The quantitative estimate of drug-likeness (QED) is 0.396. The van der Waals surface area contributed by atoms with Gasteiger partial charge in [-0.1, -0.05) is 13.8 Å². The van der Waals surface area contributed by atoms with Crippen LogP contribution in [-0.4, -0.2) is 84.0 Å². The topological polar surface area (TPSA) is 59.9 Å². The zero-order valence-electron chi connectivity index (χ0n) is 18.6. The van der Waals surface area contributed by atoms with Crippen molar-refractivity contribution in [2.24, 2.45) is 10.9 Å². The Morgan fingerprint density at radius 1 is 1.10 bits per heavy atom. The van der Waals surface area contributed by atoms with Crippen molar-refractivity contribution in [2.75, 3.05) is 63.8 Å². The first kappa shape index (κ1) is 22.3. The Labute approximate surface area is 180 Å². The minimum atomic E-state index is 0.907. The van der Waals surface area contributed by atoms with Gasteiger partial charge in [-0.25, -0.2) is 4.98 Å². The van der Waals surface area contributed by atoms with Crippen molar-refractivity contribution in [2.45, 2.75) is 52.9 Å². The fraction of sp³-hybridized carbons (Fsp3) is 0.857. The van der Waals surface area contributed by atoms with E-state index in [1.54, 1.807) is 0 Å². The molecule has 0 spiro atoms. The molecule has 0 radical (unpaired) electrons. The molecule has 3 heterocycles. The number of guanidine groups is 1. The number of aryl methyl sites for hydroxylation is 1. The molecule has 1 aromatic rings. The van der Waals surface area contributed by atoms with E-state index >= 15 is 0 Å². The van der Waals surface area contributed by atoms with E-state index in [1.807, 2.05) is 0 Å². The first-order chi connectivity index (χ1) is 14.2. The fourth-order valence-corrected chi connectivity index (χ4v) is 4.77. The maximum Gasteiger partial charge on any atom is 0.205 e. The summed E-state index contributed by atoms with van der Waals surface area (Å²) >= 11 is 1.53. The zero-order valence-corrected chi connectivity index (χ0v) is 19.4. The number of likely N-dealkylation sites (tertiary alicyclic amines) is 1. The van der Waals surface area contributed by atoms with Crippen LogP contribution in [-0.2, 0) is 6.42 Å². The summed E-state index contributed by atoms with van der Waals surface area (Å²) < 4.78 is 4.42. The monoisotopic (exact) mass is 421 g/mol. The van der Waals surface area contributed by atoms with Crippen LogP contribution < -0.4 is 10.2 Å². The molecule has 1 N–H and O–H groups in total. The van der Waals surface area contributed by atoms with Gasteiger partial charge in [0.1, 0.15) is 5.82 Å². The Morgan fingerprint density at radius 3 is 2.52 bits per heavy atom. The summed E-state index contributed by atoms with van der Waals surface area (Å²) in [5.74, 6) is 2.95. The van der Waals surface area contributed by atoms with Crippen molar-refractivity contribution >= 4 is 22.6 Å². The smallest absolute Gasteiger partial charge is 0.205 e.